The van der Waals surface area contributed by atoms with Crippen LogP contribution < -0.4 is 5.32 Å². The molecule has 0 aliphatic heterocycles. The van der Waals surface area contributed by atoms with Crippen molar-refractivity contribution in [2.45, 2.75) is 165 Å². The fourth-order valence-electron chi connectivity index (χ4n) is 5.17. The van der Waals surface area contributed by atoms with Gasteiger partial charge in [-0.3, -0.25) is 13.8 Å². The summed E-state index contributed by atoms with van der Waals surface area (Å²) < 4.78 is 22.6. The van der Waals surface area contributed by atoms with Crippen molar-refractivity contribution in [3.8, 4) is 0 Å². The fourth-order valence-corrected chi connectivity index (χ4v) is 6.14. The maximum absolute atomic E-state index is 12.8. The van der Waals surface area contributed by atoms with E-state index in [9.17, 15) is 50.0 Å². The van der Waals surface area contributed by atoms with Crippen LogP contribution in [0, 0.1) is 0 Å². The lowest BCUT2D eigenvalue weighted by molar-refractivity contribution is -0.220. The first-order chi connectivity index (χ1) is 22.8. The Morgan fingerprint density at radius 1 is 0.729 bits per heavy atom. The zero-order chi connectivity index (χ0) is 36.0. The quantitative estimate of drug-likeness (QED) is 0.0359. The van der Waals surface area contributed by atoms with Gasteiger partial charge in [-0.2, -0.15) is 0 Å². The number of rotatable bonds is 26. The zero-order valence-electron chi connectivity index (χ0n) is 28.6. The smallest absolute Gasteiger partial charge is 0.393 e. The lowest BCUT2D eigenvalue weighted by atomic mass is 9.85. The molecule has 8 unspecified atom stereocenters. The molecule has 0 aromatic carbocycles. The molecule has 0 bridgehead atoms. The molecule has 1 rings (SSSR count). The molecular formula is C34H62NO12P. The summed E-state index contributed by atoms with van der Waals surface area (Å²) >= 11 is 0. The molecule has 0 heterocycles. The molecule has 0 aromatic rings. The standard InChI is InChI=1S/C34H62NO12P/c1-3-5-7-9-11-13-15-17-19-21-25(36)23-28(38)35-26(27(37)22-20-18-16-14-12-10-8-6-4-2)24-46-48(44,45)47-34-32(42)30(40)29(39)31(41)33(34)43/h9,11-12,14,20,22,25-27,29-34,36-37,39-43H,3-8,10,13,15-19,21,23-24H2,1-2H3,(H,35,38)(H,44,45)/b11-9-,14-12+,22-20+. The van der Waals surface area contributed by atoms with E-state index in [0.717, 1.165) is 64.2 Å². The topological polar surface area (TPSA) is 226 Å². The molecule has 1 aliphatic rings. The maximum atomic E-state index is 12.8. The maximum Gasteiger partial charge on any atom is 0.472 e. The Kier molecular flexibility index (Phi) is 23.6. The summed E-state index contributed by atoms with van der Waals surface area (Å²) in [6.45, 7) is 3.54. The van der Waals surface area contributed by atoms with Gasteiger partial charge < -0.3 is 46.0 Å². The largest absolute Gasteiger partial charge is 0.472 e. The van der Waals surface area contributed by atoms with Crippen LogP contribution >= 0.6 is 7.82 Å². The molecule has 48 heavy (non-hydrogen) atoms. The van der Waals surface area contributed by atoms with E-state index >= 15 is 0 Å². The minimum absolute atomic E-state index is 0.265. The highest BCUT2D eigenvalue weighted by Gasteiger charge is 2.51. The van der Waals surface area contributed by atoms with Crippen molar-refractivity contribution in [2.75, 3.05) is 6.61 Å². The Morgan fingerprint density at radius 2 is 1.25 bits per heavy atom. The number of aliphatic hydroxyl groups is 7. The van der Waals surface area contributed by atoms with Gasteiger partial charge in [0, 0.05) is 0 Å². The van der Waals surface area contributed by atoms with E-state index in [4.69, 9.17) is 9.05 Å². The van der Waals surface area contributed by atoms with E-state index in [-0.39, 0.29) is 6.42 Å². The molecule has 13 nitrogen and oxygen atoms in total. The molecule has 1 amide bonds. The Bertz CT molecular complexity index is 979. The van der Waals surface area contributed by atoms with Gasteiger partial charge in [0.05, 0.1) is 31.3 Å². The summed E-state index contributed by atoms with van der Waals surface area (Å²) in [4.78, 5) is 23.1. The molecule has 1 fully saturated rings. The van der Waals surface area contributed by atoms with E-state index in [1.807, 2.05) is 6.08 Å². The number of hydrogen-bond donors (Lipinski definition) is 9. The average molecular weight is 708 g/mol. The third-order valence-electron chi connectivity index (χ3n) is 8.20. The molecule has 0 aromatic heterocycles. The van der Waals surface area contributed by atoms with Gasteiger partial charge in [0.15, 0.2) is 0 Å². The molecule has 0 saturated heterocycles. The van der Waals surface area contributed by atoms with Crippen molar-refractivity contribution in [3.63, 3.8) is 0 Å². The van der Waals surface area contributed by atoms with Gasteiger partial charge in [-0.05, 0) is 51.4 Å². The molecule has 0 radical (unpaired) electrons. The first kappa shape index (κ1) is 44.5. The fraction of sp³-hybridized carbons (Fsp3) is 0.794. The van der Waals surface area contributed by atoms with Crippen LogP contribution in [0.25, 0.3) is 0 Å². The van der Waals surface area contributed by atoms with Crippen molar-refractivity contribution in [1.29, 1.82) is 0 Å². The van der Waals surface area contributed by atoms with Gasteiger partial charge in [0.25, 0.3) is 0 Å². The summed E-state index contributed by atoms with van der Waals surface area (Å²) in [5.41, 5.74) is 0. The van der Waals surface area contributed by atoms with Crippen LogP contribution in [0.5, 0.6) is 0 Å². The van der Waals surface area contributed by atoms with Crippen LogP contribution in [0.1, 0.15) is 110 Å². The summed E-state index contributed by atoms with van der Waals surface area (Å²) in [6, 6.07) is -1.26. The number of amides is 1. The third-order valence-corrected chi connectivity index (χ3v) is 9.18. The zero-order valence-corrected chi connectivity index (χ0v) is 29.5. The lowest BCUT2D eigenvalue weighted by Crippen LogP contribution is -2.64. The normalized spacial score (nSPS) is 26.6. The molecule has 9 N–H and O–H groups in total. The molecule has 8 atom stereocenters. The predicted octanol–water partition coefficient (Wildman–Crippen LogP) is 3.07. The molecule has 14 heteroatoms. The number of phosphoric acid groups is 1. The van der Waals surface area contributed by atoms with Crippen LogP contribution in [0.4, 0.5) is 0 Å². The van der Waals surface area contributed by atoms with Crippen LogP contribution in [0.3, 0.4) is 0 Å². The second-order valence-electron chi connectivity index (χ2n) is 12.5. The Labute approximate surface area is 286 Å². The highest BCUT2D eigenvalue weighted by atomic mass is 31.2. The third kappa shape index (κ3) is 18.5. The molecule has 1 aliphatic carbocycles. The summed E-state index contributed by atoms with van der Waals surface area (Å²) in [5.74, 6) is -0.621. The average Bonchev–Trinajstić information content (AvgIpc) is 3.05. The van der Waals surface area contributed by atoms with Crippen molar-refractivity contribution in [3.05, 3.63) is 36.5 Å². The molecular weight excluding hydrogens is 645 g/mol. The molecule has 280 valence electrons. The van der Waals surface area contributed by atoms with Gasteiger partial charge in [0.1, 0.15) is 36.6 Å². The van der Waals surface area contributed by atoms with E-state index in [1.54, 1.807) is 6.08 Å². The van der Waals surface area contributed by atoms with Gasteiger partial charge in [0.2, 0.25) is 5.91 Å². The highest BCUT2D eigenvalue weighted by molar-refractivity contribution is 7.47. The number of allylic oxidation sites excluding steroid dienone is 5. The predicted molar refractivity (Wildman–Crippen MR) is 183 cm³/mol. The van der Waals surface area contributed by atoms with E-state index < -0.39 is 75.2 Å². The summed E-state index contributed by atoms with van der Waals surface area (Å²) in [7, 11) is -5.13. The number of aliphatic hydroxyl groups excluding tert-OH is 7. The van der Waals surface area contributed by atoms with E-state index in [1.165, 1.54) is 18.9 Å². The lowest BCUT2D eigenvalue weighted by Gasteiger charge is -2.41. The minimum atomic E-state index is -5.13. The number of hydrogen-bond acceptors (Lipinski definition) is 11. The van der Waals surface area contributed by atoms with E-state index in [2.05, 4.69) is 37.4 Å². The Hall–Kier alpha value is -1.48. The van der Waals surface area contributed by atoms with Gasteiger partial charge >= 0.3 is 7.82 Å². The van der Waals surface area contributed by atoms with Gasteiger partial charge in [-0.15, -0.1) is 0 Å². The number of unbranched alkanes of at least 4 members (excludes halogenated alkanes) is 9. The van der Waals surface area contributed by atoms with Crippen molar-refractivity contribution in [2.24, 2.45) is 0 Å². The molecule has 1 saturated carbocycles. The van der Waals surface area contributed by atoms with Crippen molar-refractivity contribution in [1.82, 2.24) is 5.32 Å². The number of phosphoric ester groups is 1. The second-order valence-corrected chi connectivity index (χ2v) is 13.9. The first-order valence-electron chi connectivity index (χ1n) is 17.5. The number of carbonyl (C=O) groups is 1. The van der Waals surface area contributed by atoms with Crippen LogP contribution in [0.2, 0.25) is 0 Å². The monoisotopic (exact) mass is 707 g/mol. The van der Waals surface area contributed by atoms with Crippen LogP contribution in [-0.2, 0) is 18.4 Å². The summed E-state index contributed by atoms with van der Waals surface area (Å²) in [5, 5.41) is 73.6. The Morgan fingerprint density at radius 3 is 1.85 bits per heavy atom. The van der Waals surface area contributed by atoms with Crippen LogP contribution in [0.15, 0.2) is 36.5 Å². The van der Waals surface area contributed by atoms with Gasteiger partial charge in [-0.1, -0.05) is 88.8 Å². The minimum Gasteiger partial charge on any atom is -0.393 e. The van der Waals surface area contributed by atoms with Gasteiger partial charge in [-0.25, -0.2) is 4.57 Å². The second kappa shape index (κ2) is 25.5. The summed E-state index contributed by atoms with van der Waals surface area (Å²) in [6.07, 6.45) is 10.2. The van der Waals surface area contributed by atoms with Crippen molar-refractivity contribution < 1.29 is 59.0 Å². The number of carbonyl (C=O) groups excluding carboxylic acids is 1. The van der Waals surface area contributed by atoms with E-state index in [0.29, 0.717) is 12.8 Å². The van der Waals surface area contributed by atoms with Crippen molar-refractivity contribution >= 4 is 13.7 Å². The SMILES string of the molecule is CCCC/C=C\CCCCCC(O)CC(=O)NC(COP(=O)(O)OC1C(O)C(O)C(O)C(O)C1O)C(O)/C=C/CC/C=C/CCCCC. The number of nitrogens with one attached hydrogen (secondary N) is 1. The highest BCUT2D eigenvalue weighted by Crippen LogP contribution is 2.47. The Balaban J connectivity index is 2.76. The molecule has 0 spiro atoms. The van der Waals surface area contributed by atoms with Crippen LogP contribution in [-0.4, -0.2) is 108 Å². The first-order valence-corrected chi connectivity index (χ1v) is 19.0.